The Morgan fingerprint density at radius 2 is 1.29 bits per heavy atom. The summed E-state index contributed by atoms with van der Waals surface area (Å²) >= 11 is 0. The number of pyridine rings is 1. The third-order valence-corrected chi connectivity index (χ3v) is 7.81. The average Bonchev–Trinajstić information content (AvgIpc) is 3.45. The molecule has 0 saturated carbocycles. The first kappa shape index (κ1) is 29.1. The molecule has 9 nitrogen and oxygen atoms in total. The number of ether oxygens (including phenoxy) is 1. The van der Waals surface area contributed by atoms with Gasteiger partial charge in [0.25, 0.3) is 0 Å². The van der Waals surface area contributed by atoms with E-state index in [0.717, 1.165) is 22.3 Å². The molecular weight excluding hydrogens is 566 g/mol. The van der Waals surface area contributed by atoms with Crippen LogP contribution < -0.4 is 15.4 Å². The fraction of sp³-hybridized carbons (Fsp3) is 0.111. The van der Waals surface area contributed by atoms with E-state index in [1.54, 1.807) is 10.7 Å². The van der Waals surface area contributed by atoms with Gasteiger partial charge >= 0.3 is 12.0 Å². The van der Waals surface area contributed by atoms with E-state index in [9.17, 15) is 14.7 Å². The van der Waals surface area contributed by atoms with Gasteiger partial charge in [-0.15, -0.1) is 5.10 Å². The number of urea groups is 1. The van der Waals surface area contributed by atoms with Crippen molar-refractivity contribution < 1.29 is 19.4 Å². The highest BCUT2D eigenvalue weighted by atomic mass is 16.5. The van der Waals surface area contributed by atoms with Gasteiger partial charge in [0.1, 0.15) is 11.4 Å². The lowest BCUT2D eigenvalue weighted by molar-refractivity contribution is 0.0692. The van der Waals surface area contributed by atoms with Gasteiger partial charge in [0.15, 0.2) is 5.69 Å². The van der Waals surface area contributed by atoms with Crippen LogP contribution in [0.1, 0.15) is 45.7 Å². The summed E-state index contributed by atoms with van der Waals surface area (Å²) in [6.07, 6.45) is 0. The molecule has 0 aliphatic carbocycles. The summed E-state index contributed by atoms with van der Waals surface area (Å²) < 4.78 is 7.46. The number of carbonyl (C=O) groups excluding carboxylic acids is 1. The Bertz CT molecular complexity index is 1850. The van der Waals surface area contributed by atoms with Gasteiger partial charge in [0.05, 0.1) is 24.1 Å². The average molecular weight is 598 g/mol. The van der Waals surface area contributed by atoms with Crippen LogP contribution in [0.15, 0.2) is 127 Å². The van der Waals surface area contributed by atoms with Crippen LogP contribution in [0, 0.1) is 0 Å². The number of anilines is 1. The van der Waals surface area contributed by atoms with Gasteiger partial charge in [-0.05, 0) is 29.2 Å². The zero-order valence-corrected chi connectivity index (χ0v) is 24.7. The molecule has 2 aromatic heterocycles. The molecule has 6 aromatic rings. The molecule has 3 N–H and O–H groups in total. The predicted octanol–water partition coefficient (Wildman–Crippen LogP) is 6.86. The van der Waals surface area contributed by atoms with Crippen molar-refractivity contribution in [1.82, 2.24) is 20.1 Å². The topological polar surface area (TPSA) is 118 Å². The Hall–Kier alpha value is -5.96. The lowest BCUT2D eigenvalue weighted by atomic mass is 9.77. The molecule has 0 radical (unpaired) electrons. The number of nitrogens with one attached hydrogen (secondary N) is 2. The highest BCUT2D eigenvalue weighted by molar-refractivity contribution is 6.05. The van der Waals surface area contributed by atoms with Crippen molar-refractivity contribution in [2.75, 3.05) is 12.4 Å². The quantitative estimate of drug-likeness (QED) is 0.157. The molecule has 45 heavy (non-hydrogen) atoms. The molecule has 2 amide bonds. The zero-order chi connectivity index (χ0) is 31.4. The van der Waals surface area contributed by atoms with Crippen molar-refractivity contribution in [3.63, 3.8) is 0 Å². The SMILES string of the molecule is COc1nn(C(c2ccccc2)(c2ccccc2)c2ccccc2)c2cc(NC(=O)N[C@H](C)c3ccccc3)nc(C(=O)O)c12. The maximum atomic E-state index is 13.2. The zero-order valence-electron chi connectivity index (χ0n) is 24.7. The molecule has 6 rings (SSSR count). The lowest BCUT2D eigenvalue weighted by Crippen LogP contribution is -2.38. The summed E-state index contributed by atoms with van der Waals surface area (Å²) in [5, 5.41) is 21.1. The van der Waals surface area contributed by atoms with Gasteiger partial charge < -0.3 is 15.2 Å². The normalized spacial score (nSPS) is 12.0. The van der Waals surface area contributed by atoms with Crippen molar-refractivity contribution in [2.45, 2.75) is 18.5 Å². The van der Waals surface area contributed by atoms with Crippen LogP contribution in [0.2, 0.25) is 0 Å². The highest BCUT2D eigenvalue weighted by Gasteiger charge is 2.42. The van der Waals surface area contributed by atoms with Gasteiger partial charge in [-0.3, -0.25) is 5.32 Å². The third-order valence-electron chi connectivity index (χ3n) is 7.81. The number of aromatic carboxylic acids is 1. The fourth-order valence-corrected chi connectivity index (χ4v) is 5.80. The number of fused-ring (bicyclic) bond motifs is 1. The second-order valence-corrected chi connectivity index (χ2v) is 10.5. The van der Waals surface area contributed by atoms with Crippen LogP contribution in [0.5, 0.6) is 5.88 Å². The number of carboxylic acid groups (broad SMARTS) is 1. The van der Waals surface area contributed by atoms with Crippen molar-refractivity contribution in [3.8, 4) is 5.88 Å². The maximum absolute atomic E-state index is 13.2. The fourth-order valence-electron chi connectivity index (χ4n) is 5.80. The minimum atomic E-state index is -1.29. The van der Waals surface area contributed by atoms with Crippen molar-refractivity contribution >= 4 is 28.7 Å². The number of aromatic nitrogens is 3. The molecule has 1 atom stereocenters. The number of hydrogen-bond donors (Lipinski definition) is 3. The van der Waals surface area contributed by atoms with Gasteiger partial charge in [-0.2, -0.15) is 0 Å². The Morgan fingerprint density at radius 1 is 0.800 bits per heavy atom. The van der Waals surface area contributed by atoms with Crippen LogP contribution in [-0.4, -0.2) is 39.0 Å². The highest BCUT2D eigenvalue weighted by Crippen LogP contribution is 2.44. The minimum Gasteiger partial charge on any atom is -0.479 e. The molecule has 0 unspecified atom stereocenters. The first-order valence-corrected chi connectivity index (χ1v) is 14.4. The van der Waals surface area contributed by atoms with Crippen molar-refractivity contribution in [3.05, 3.63) is 155 Å². The van der Waals surface area contributed by atoms with Gasteiger partial charge in [-0.25, -0.2) is 19.3 Å². The van der Waals surface area contributed by atoms with E-state index in [-0.39, 0.29) is 28.8 Å². The monoisotopic (exact) mass is 597 g/mol. The lowest BCUT2D eigenvalue weighted by Gasteiger charge is -2.36. The smallest absolute Gasteiger partial charge is 0.355 e. The second-order valence-electron chi connectivity index (χ2n) is 10.5. The van der Waals surface area contributed by atoms with Crippen molar-refractivity contribution in [2.24, 2.45) is 0 Å². The summed E-state index contributed by atoms with van der Waals surface area (Å²) in [6.45, 7) is 1.86. The van der Waals surface area contributed by atoms with Crippen LogP contribution in [0.3, 0.4) is 0 Å². The Kier molecular flexibility index (Phi) is 7.99. The number of rotatable bonds is 9. The number of hydrogen-bond acceptors (Lipinski definition) is 5. The van der Waals surface area contributed by atoms with Crippen LogP contribution in [-0.2, 0) is 5.54 Å². The summed E-state index contributed by atoms with van der Waals surface area (Å²) in [5.74, 6) is -1.15. The van der Waals surface area contributed by atoms with Crippen LogP contribution in [0.4, 0.5) is 10.6 Å². The molecule has 4 aromatic carbocycles. The third kappa shape index (κ3) is 5.36. The minimum absolute atomic E-state index is 0.0459. The largest absolute Gasteiger partial charge is 0.479 e. The number of amides is 2. The number of carbonyl (C=O) groups is 2. The van der Waals surface area contributed by atoms with Crippen LogP contribution >= 0.6 is 0 Å². The summed E-state index contributed by atoms with van der Waals surface area (Å²) in [5.41, 5.74) is 2.60. The summed E-state index contributed by atoms with van der Waals surface area (Å²) in [7, 11) is 1.44. The first-order chi connectivity index (χ1) is 21.9. The Labute approximate surface area is 260 Å². The summed E-state index contributed by atoms with van der Waals surface area (Å²) in [4.78, 5) is 30.2. The van der Waals surface area contributed by atoms with Gasteiger partial charge in [0, 0.05) is 6.07 Å². The maximum Gasteiger partial charge on any atom is 0.355 e. The molecule has 0 saturated heterocycles. The molecule has 224 valence electrons. The number of nitrogens with zero attached hydrogens (tertiary/aromatic N) is 3. The standard InChI is InChI=1S/C36H31N5O4/c1-24(25-15-7-3-8-16-25)37-35(44)39-30-23-29-31(32(38-30)34(42)43)33(45-2)40-41(29)36(26-17-9-4-10-18-26,27-19-11-5-12-20-27)28-21-13-6-14-22-28/h3-24H,1-2H3,(H,42,43)(H2,37,38,39,44)/t24-/m1/s1. The second kappa shape index (κ2) is 12.3. The summed E-state index contributed by atoms with van der Waals surface area (Å²) in [6, 6.07) is 39.9. The van der Waals surface area contributed by atoms with E-state index < -0.39 is 17.5 Å². The number of carboxylic acids is 1. The van der Waals surface area contributed by atoms with Gasteiger partial charge in [-0.1, -0.05) is 121 Å². The molecule has 0 aliphatic heterocycles. The molecular formula is C36H31N5O4. The molecule has 0 spiro atoms. The number of methoxy groups -OCH3 is 1. The molecule has 2 heterocycles. The van der Waals surface area contributed by atoms with Gasteiger partial charge in [0.2, 0.25) is 5.88 Å². The van der Waals surface area contributed by atoms with E-state index in [2.05, 4.69) is 15.6 Å². The predicted molar refractivity (Wildman–Crippen MR) is 173 cm³/mol. The van der Waals surface area contributed by atoms with E-state index in [1.165, 1.54) is 7.11 Å². The molecule has 0 aliphatic rings. The van der Waals surface area contributed by atoms with E-state index in [1.807, 2.05) is 128 Å². The molecule has 0 fully saturated rings. The van der Waals surface area contributed by atoms with Crippen molar-refractivity contribution in [1.29, 1.82) is 0 Å². The Morgan fingerprint density at radius 3 is 1.76 bits per heavy atom. The van der Waals surface area contributed by atoms with E-state index >= 15 is 0 Å². The molecule has 0 bridgehead atoms. The number of benzene rings is 4. The van der Waals surface area contributed by atoms with E-state index in [4.69, 9.17) is 9.84 Å². The van der Waals surface area contributed by atoms with E-state index in [0.29, 0.717) is 5.52 Å². The van der Waals surface area contributed by atoms with Crippen LogP contribution in [0.25, 0.3) is 10.9 Å². The Balaban J connectivity index is 1.60. The first-order valence-electron chi connectivity index (χ1n) is 14.4. The molecule has 9 heteroatoms.